The minimum atomic E-state index is -0.499. The number of hydrogen-bond donors (Lipinski definition) is 1. The van der Waals surface area contributed by atoms with Crippen molar-refractivity contribution in [2.24, 2.45) is 0 Å². The molecule has 0 spiro atoms. The summed E-state index contributed by atoms with van der Waals surface area (Å²) in [4.78, 5) is 19.8. The first kappa shape index (κ1) is 13.1. The highest BCUT2D eigenvalue weighted by atomic mass is 16.5. The van der Waals surface area contributed by atoms with Gasteiger partial charge in [0, 0.05) is 11.9 Å². The van der Waals surface area contributed by atoms with Gasteiger partial charge < -0.3 is 15.0 Å². The number of nitrogen functional groups attached to an aromatic ring is 1. The molecule has 0 fully saturated rings. The summed E-state index contributed by atoms with van der Waals surface area (Å²) in [5.41, 5.74) is 7.99. The molecule has 0 saturated heterocycles. The number of nitrogens with zero attached hydrogens (tertiary/aromatic N) is 3. The van der Waals surface area contributed by atoms with E-state index in [0.717, 1.165) is 11.3 Å². The Hall–Kier alpha value is -2.37. The predicted octanol–water partition coefficient (Wildman–Crippen LogP) is 1.39. The summed E-state index contributed by atoms with van der Waals surface area (Å²) in [5, 5.41) is 0. The van der Waals surface area contributed by atoms with Crippen molar-refractivity contribution in [1.29, 1.82) is 0 Å². The second-order valence-corrected chi connectivity index (χ2v) is 4.13. The molecular weight excluding hydrogens is 244 g/mol. The van der Waals surface area contributed by atoms with Crippen LogP contribution in [0.1, 0.15) is 28.7 Å². The molecule has 0 atom stereocenters. The second-order valence-electron chi connectivity index (χ2n) is 4.13. The summed E-state index contributed by atoms with van der Waals surface area (Å²) in [5.74, 6) is -0.195. The number of aromatic nitrogens is 3. The first-order chi connectivity index (χ1) is 9.11. The molecule has 0 radical (unpaired) electrons. The Morgan fingerprint density at radius 2 is 2.21 bits per heavy atom. The molecule has 0 amide bonds. The standard InChI is InChI=1S/C13H16N4O2/c1-3-19-13(18)11-12(14)17(8-16-11)7-10-5-4-9(2)15-6-10/h4-6,8H,3,7,14H2,1-2H3. The van der Waals surface area contributed by atoms with Crippen molar-refractivity contribution in [3.8, 4) is 0 Å². The molecule has 6 heteroatoms. The third kappa shape index (κ3) is 2.90. The molecule has 0 aliphatic carbocycles. The number of anilines is 1. The van der Waals surface area contributed by atoms with Gasteiger partial charge in [-0.1, -0.05) is 6.07 Å². The quantitative estimate of drug-likeness (QED) is 0.840. The van der Waals surface area contributed by atoms with Crippen molar-refractivity contribution >= 4 is 11.8 Å². The van der Waals surface area contributed by atoms with Crippen molar-refractivity contribution in [3.63, 3.8) is 0 Å². The van der Waals surface area contributed by atoms with E-state index in [9.17, 15) is 4.79 Å². The summed E-state index contributed by atoms with van der Waals surface area (Å²) < 4.78 is 6.57. The van der Waals surface area contributed by atoms with Gasteiger partial charge in [-0.3, -0.25) is 4.98 Å². The largest absolute Gasteiger partial charge is 0.461 e. The van der Waals surface area contributed by atoms with Crippen molar-refractivity contribution < 1.29 is 9.53 Å². The normalized spacial score (nSPS) is 10.4. The van der Waals surface area contributed by atoms with Gasteiger partial charge in [-0.15, -0.1) is 0 Å². The number of carbonyl (C=O) groups excluding carboxylic acids is 1. The Morgan fingerprint density at radius 3 is 2.84 bits per heavy atom. The smallest absolute Gasteiger partial charge is 0.360 e. The minimum Gasteiger partial charge on any atom is -0.461 e. The maximum Gasteiger partial charge on any atom is 0.360 e. The van der Waals surface area contributed by atoms with E-state index >= 15 is 0 Å². The summed E-state index contributed by atoms with van der Waals surface area (Å²) in [6.45, 7) is 4.48. The fourth-order valence-electron chi connectivity index (χ4n) is 1.66. The number of esters is 1. The minimum absolute atomic E-state index is 0.155. The Balaban J connectivity index is 2.18. The number of imidazole rings is 1. The topological polar surface area (TPSA) is 83.0 Å². The third-order valence-electron chi connectivity index (χ3n) is 2.67. The van der Waals surface area contributed by atoms with Gasteiger partial charge in [-0.25, -0.2) is 9.78 Å². The summed E-state index contributed by atoms with van der Waals surface area (Å²) in [7, 11) is 0. The molecule has 0 aliphatic heterocycles. The van der Waals surface area contributed by atoms with Crippen LogP contribution in [0.4, 0.5) is 5.82 Å². The van der Waals surface area contributed by atoms with Gasteiger partial charge in [0.05, 0.1) is 19.5 Å². The number of carbonyl (C=O) groups is 1. The zero-order valence-electron chi connectivity index (χ0n) is 11.0. The molecule has 100 valence electrons. The van der Waals surface area contributed by atoms with Crippen LogP contribution >= 0.6 is 0 Å². The molecular formula is C13H16N4O2. The van der Waals surface area contributed by atoms with E-state index < -0.39 is 5.97 Å². The molecule has 0 bridgehead atoms. The molecule has 2 heterocycles. The second kappa shape index (κ2) is 5.51. The van der Waals surface area contributed by atoms with Crippen LogP contribution in [0.15, 0.2) is 24.7 Å². The van der Waals surface area contributed by atoms with E-state index in [1.807, 2.05) is 19.1 Å². The van der Waals surface area contributed by atoms with Crippen molar-refractivity contribution in [3.05, 3.63) is 41.6 Å². The van der Waals surface area contributed by atoms with Crippen LogP contribution in [0, 0.1) is 6.92 Å². The van der Waals surface area contributed by atoms with E-state index in [-0.39, 0.29) is 5.69 Å². The molecule has 2 rings (SSSR count). The van der Waals surface area contributed by atoms with Gasteiger partial charge in [0.25, 0.3) is 0 Å². The van der Waals surface area contributed by atoms with Gasteiger partial charge in [-0.05, 0) is 25.5 Å². The lowest BCUT2D eigenvalue weighted by atomic mass is 10.2. The molecule has 2 aromatic rings. The highest BCUT2D eigenvalue weighted by Crippen LogP contribution is 2.13. The number of pyridine rings is 1. The predicted molar refractivity (Wildman–Crippen MR) is 70.7 cm³/mol. The Kier molecular flexibility index (Phi) is 3.79. The van der Waals surface area contributed by atoms with Crippen LogP contribution in [-0.4, -0.2) is 27.1 Å². The number of nitrogens with two attached hydrogens (primary N) is 1. The molecule has 2 N–H and O–H groups in total. The van der Waals surface area contributed by atoms with Crippen LogP contribution in [0.5, 0.6) is 0 Å². The van der Waals surface area contributed by atoms with E-state index in [1.165, 1.54) is 6.33 Å². The lowest BCUT2D eigenvalue weighted by molar-refractivity contribution is 0.0521. The van der Waals surface area contributed by atoms with E-state index in [1.54, 1.807) is 17.7 Å². The third-order valence-corrected chi connectivity index (χ3v) is 2.67. The van der Waals surface area contributed by atoms with Crippen LogP contribution in [0.25, 0.3) is 0 Å². The summed E-state index contributed by atoms with van der Waals surface area (Å²) in [6.07, 6.45) is 3.31. The maximum absolute atomic E-state index is 11.6. The van der Waals surface area contributed by atoms with E-state index in [2.05, 4.69) is 9.97 Å². The molecule has 0 saturated carbocycles. The summed E-state index contributed by atoms with van der Waals surface area (Å²) >= 11 is 0. The highest BCUT2D eigenvalue weighted by Gasteiger charge is 2.16. The zero-order valence-corrected chi connectivity index (χ0v) is 11.0. The Labute approximate surface area is 111 Å². The van der Waals surface area contributed by atoms with Crippen LogP contribution in [0.3, 0.4) is 0 Å². The molecule has 19 heavy (non-hydrogen) atoms. The van der Waals surface area contributed by atoms with Gasteiger partial charge in [0.1, 0.15) is 5.82 Å². The van der Waals surface area contributed by atoms with Crippen molar-refractivity contribution in [1.82, 2.24) is 14.5 Å². The lowest BCUT2D eigenvalue weighted by Gasteiger charge is -2.06. The molecule has 0 aromatic carbocycles. The average Bonchev–Trinajstić information content (AvgIpc) is 2.74. The highest BCUT2D eigenvalue weighted by molar-refractivity contribution is 5.92. The van der Waals surface area contributed by atoms with Crippen LogP contribution in [-0.2, 0) is 11.3 Å². The average molecular weight is 260 g/mol. The summed E-state index contributed by atoms with van der Waals surface area (Å²) in [6, 6.07) is 3.89. The molecule has 2 aromatic heterocycles. The number of hydrogen-bond acceptors (Lipinski definition) is 5. The first-order valence-corrected chi connectivity index (χ1v) is 6.01. The number of rotatable bonds is 4. The van der Waals surface area contributed by atoms with Gasteiger partial charge in [-0.2, -0.15) is 0 Å². The van der Waals surface area contributed by atoms with Gasteiger partial charge in [0.2, 0.25) is 0 Å². The van der Waals surface area contributed by atoms with E-state index in [4.69, 9.17) is 10.5 Å². The monoisotopic (exact) mass is 260 g/mol. The van der Waals surface area contributed by atoms with Crippen molar-refractivity contribution in [2.45, 2.75) is 20.4 Å². The molecule has 0 aliphatic rings. The fourth-order valence-corrected chi connectivity index (χ4v) is 1.66. The maximum atomic E-state index is 11.6. The van der Waals surface area contributed by atoms with Crippen molar-refractivity contribution in [2.75, 3.05) is 12.3 Å². The molecule has 6 nitrogen and oxygen atoms in total. The van der Waals surface area contributed by atoms with Gasteiger partial charge >= 0.3 is 5.97 Å². The van der Waals surface area contributed by atoms with Crippen LogP contribution in [0.2, 0.25) is 0 Å². The van der Waals surface area contributed by atoms with E-state index in [0.29, 0.717) is 19.0 Å². The number of aryl methyl sites for hydroxylation is 1. The zero-order chi connectivity index (χ0) is 13.8. The molecule has 0 unspecified atom stereocenters. The first-order valence-electron chi connectivity index (χ1n) is 6.01. The number of ether oxygens (including phenoxy) is 1. The Bertz CT molecular complexity index is 575. The lowest BCUT2D eigenvalue weighted by Crippen LogP contribution is -2.10. The SMILES string of the molecule is CCOC(=O)c1ncn(Cc2ccc(C)nc2)c1N. The fraction of sp³-hybridized carbons (Fsp3) is 0.308. The Morgan fingerprint density at radius 1 is 1.42 bits per heavy atom. The van der Waals surface area contributed by atoms with Gasteiger partial charge in [0.15, 0.2) is 5.69 Å². The van der Waals surface area contributed by atoms with Crippen LogP contribution < -0.4 is 5.73 Å².